The van der Waals surface area contributed by atoms with E-state index in [-0.39, 0.29) is 12.8 Å². The van der Waals surface area contributed by atoms with Crippen LogP contribution in [0.2, 0.25) is 0 Å². The van der Waals surface area contributed by atoms with Crippen molar-refractivity contribution in [2.45, 2.75) is 224 Å². The lowest BCUT2D eigenvalue weighted by Gasteiger charge is -2.41. The average molecular weight is 887 g/mol. The summed E-state index contributed by atoms with van der Waals surface area (Å²) >= 11 is 0. The molecular formula is C47H83O13P. The number of aliphatic hydroxyl groups excluding tert-OH is 5. The van der Waals surface area contributed by atoms with Gasteiger partial charge in [-0.25, -0.2) is 4.57 Å². The zero-order valence-electron chi connectivity index (χ0n) is 37.4. The van der Waals surface area contributed by atoms with Crippen molar-refractivity contribution >= 4 is 19.8 Å². The molecule has 61 heavy (non-hydrogen) atoms. The summed E-state index contributed by atoms with van der Waals surface area (Å²) in [6.07, 6.45) is 30.3. The molecule has 0 aliphatic heterocycles. The minimum Gasteiger partial charge on any atom is -0.462 e. The Morgan fingerprint density at radius 3 is 1.41 bits per heavy atom. The molecule has 1 saturated carbocycles. The molecule has 0 amide bonds. The molecule has 13 nitrogen and oxygen atoms in total. The maximum Gasteiger partial charge on any atom is 0.472 e. The van der Waals surface area contributed by atoms with E-state index in [0.29, 0.717) is 19.3 Å². The number of phosphoric acid groups is 1. The normalized spacial score (nSPS) is 22.4. The lowest BCUT2D eigenvalue weighted by Crippen LogP contribution is -2.64. The van der Waals surface area contributed by atoms with Crippen molar-refractivity contribution in [2.24, 2.45) is 0 Å². The number of allylic oxidation sites excluding steroid dienone is 8. The molecule has 0 heterocycles. The topological polar surface area (TPSA) is 210 Å². The first-order chi connectivity index (χ1) is 29.4. The Balaban J connectivity index is 2.50. The molecule has 0 aromatic carbocycles. The molecule has 1 fully saturated rings. The number of esters is 2. The van der Waals surface area contributed by atoms with Crippen LogP contribution in [0.15, 0.2) is 48.6 Å². The van der Waals surface area contributed by atoms with Crippen LogP contribution in [0.3, 0.4) is 0 Å². The maximum absolute atomic E-state index is 12.8. The number of hydrogen-bond donors (Lipinski definition) is 6. The van der Waals surface area contributed by atoms with E-state index in [1.165, 1.54) is 77.0 Å². The van der Waals surface area contributed by atoms with E-state index < -0.39 is 75.7 Å². The van der Waals surface area contributed by atoms with Gasteiger partial charge in [0.25, 0.3) is 0 Å². The van der Waals surface area contributed by atoms with Gasteiger partial charge in [0.2, 0.25) is 0 Å². The largest absolute Gasteiger partial charge is 0.472 e. The van der Waals surface area contributed by atoms with Crippen molar-refractivity contribution in [1.82, 2.24) is 0 Å². The van der Waals surface area contributed by atoms with E-state index in [4.69, 9.17) is 18.5 Å². The summed E-state index contributed by atoms with van der Waals surface area (Å²) in [4.78, 5) is 35.7. The van der Waals surface area contributed by atoms with Crippen molar-refractivity contribution in [2.75, 3.05) is 13.2 Å². The van der Waals surface area contributed by atoms with E-state index in [1.54, 1.807) is 0 Å². The van der Waals surface area contributed by atoms with Crippen molar-refractivity contribution < 1.29 is 63.1 Å². The molecule has 0 saturated heterocycles. The summed E-state index contributed by atoms with van der Waals surface area (Å²) in [6, 6.07) is 0. The van der Waals surface area contributed by atoms with Crippen LogP contribution in [-0.4, -0.2) is 98.3 Å². The van der Waals surface area contributed by atoms with Gasteiger partial charge < -0.3 is 39.9 Å². The van der Waals surface area contributed by atoms with Gasteiger partial charge in [0.15, 0.2) is 6.10 Å². The molecule has 0 radical (unpaired) electrons. The van der Waals surface area contributed by atoms with Gasteiger partial charge in [0.05, 0.1) is 6.61 Å². The van der Waals surface area contributed by atoms with E-state index in [1.807, 2.05) is 12.2 Å². The van der Waals surface area contributed by atoms with Gasteiger partial charge in [0, 0.05) is 12.8 Å². The Morgan fingerprint density at radius 1 is 0.508 bits per heavy atom. The number of carbonyl (C=O) groups is 2. The van der Waals surface area contributed by atoms with Gasteiger partial charge in [-0.15, -0.1) is 0 Å². The second kappa shape index (κ2) is 37.2. The van der Waals surface area contributed by atoms with E-state index in [0.717, 1.165) is 57.8 Å². The van der Waals surface area contributed by atoms with Crippen LogP contribution >= 0.6 is 7.82 Å². The first kappa shape index (κ1) is 56.8. The molecule has 0 spiro atoms. The molecule has 6 unspecified atom stereocenters. The Morgan fingerprint density at radius 2 is 0.902 bits per heavy atom. The van der Waals surface area contributed by atoms with Crippen LogP contribution in [0.1, 0.15) is 181 Å². The van der Waals surface area contributed by atoms with Gasteiger partial charge in [-0.1, -0.05) is 146 Å². The Kier molecular flexibility index (Phi) is 34.7. The third-order valence-electron chi connectivity index (χ3n) is 10.6. The fourth-order valence-corrected chi connectivity index (χ4v) is 7.80. The number of phosphoric ester groups is 1. The first-order valence-corrected chi connectivity index (χ1v) is 24.9. The molecule has 0 bridgehead atoms. The highest BCUT2D eigenvalue weighted by molar-refractivity contribution is 7.47. The monoisotopic (exact) mass is 887 g/mol. The number of ether oxygens (including phenoxy) is 2. The predicted molar refractivity (Wildman–Crippen MR) is 239 cm³/mol. The lowest BCUT2D eigenvalue weighted by atomic mass is 9.85. The minimum absolute atomic E-state index is 0.0753. The highest BCUT2D eigenvalue weighted by Gasteiger charge is 2.51. The average Bonchev–Trinajstić information content (AvgIpc) is 3.24. The molecule has 0 aromatic heterocycles. The van der Waals surface area contributed by atoms with Crippen molar-refractivity contribution in [3.05, 3.63) is 48.6 Å². The Labute approximate surface area is 367 Å². The first-order valence-electron chi connectivity index (χ1n) is 23.4. The predicted octanol–water partition coefficient (Wildman–Crippen LogP) is 9.17. The number of rotatable bonds is 38. The van der Waals surface area contributed by atoms with Crippen LogP contribution in [0.4, 0.5) is 0 Å². The summed E-state index contributed by atoms with van der Waals surface area (Å²) < 4.78 is 33.5. The van der Waals surface area contributed by atoms with E-state index in [2.05, 4.69) is 50.3 Å². The van der Waals surface area contributed by atoms with Gasteiger partial charge >= 0.3 is 19.8 Å². The fraction of sp³-hybridized carbons (Fsp3) is 0.787. The minimum atomic E-state index is -5.13. The second-order valence-electron chi connectivity index (χ2n) is 16.3. The maximum atomic E-state index is 12.8. The van der Waals surface area contributed by atoms with Gasteiger partial charge in [0.1, 0.15) is 43.2 Å². The highest BCUT2D eigenvalue weighted by atomic mass is 31.2. The summed E-state index contributed by atoms with van der Waals surface area (Å²) in [5.41, 5.74) is 0. The zero-order chi connectivity index (χ0) is 45.0. The third-order valence-corrected chi connectivity index (χ3v) is 11.6. The van der Waals surface area contributed by atoms with Crippen LogP contribution in [-0.2, 0) is 32.7 Å². The van der Waals surface area contributed by atoms with Crippen LogP contribution in [0.25, 0.3) is 0 Å². The van der Waals surface area contributed by atoms with E-state index >= 15 is 0 Å². The lowest BCUT2D eigenvalue weighted by molar-refractivity contribution is -0.220. The van der Waals surface area contributed by atoms with Gasteiger partial charge in [-0.2, -0.15) is 0 Å². The molecule has 1 rings (SSSR count). The molecule has 14 heteroatoms. The number of unbranched alkanes of at least 4 members (excludes halogenated alkanes) is 18. The molecule has 6 N–H and O–H groups in total. The standard InChI is InChI=1S/C47H83O13P/c1-3-5-7-9-11-13-15-17-19-20-22-23-25-27-29-31-33-35-40(48)57-37-39(38-58-61(55,56)60-47-45(53)43(51)42(50)44(52)46(47)54)59-41(49)36-34-32-30-28-26-24-21-18-16-14-12-10-8-6-4-2/h17-19,21-23,27,29,39,42-47,50-54H,3-16,20,24-26,28,30-38H2,1-2H3,(H,55,56)/b19-17+,21-18+,23-22+,29-27+/t39-,42?,43-,44?,45?,46?,47?/m0/s1. The summed E-state index contributed by atoms with van der Waals surface area (Å²) in [5, 5.41) is 50.1. The molecule has 0 aromatic rings. The third kappa shape index (κ3) is 29.7. The SMILES string of the molecule is CCCCCCCC/C=C/C/C=C/C/C=C/CCCC(=O)OC[C@@H](COP(=O)(O)OC1C(O)C(O)C(O)[C@H](O)C1O)OC(=O)CCCCCCC/C=C/CCCCCCCC. The highest BCUT2D eigenvalue weighted by Crippen LogP contribution is 2.47. The van der Waals surface area contributed by atoms with Crippen molar-refractivity contribution in [3.63, 3.8) is 0 Å². The number of aliphatic hydroxyl groups is 5. The van der Waals surface area contributed by atoms with Gasteiger partial charge in [-0.05, 0) is 70.6 Å². The Bertz CT molecular complexity index is 1250. The molecule has 1 aliphatic carbocycles. The molecule has 354 valence electrons. The summed E-state index contributed by atoms with van der Waals surface area (Å²) in [6.45, 7) is 3.23. The summed E-state index contributed by atoms with van der Waals surface area (Å²) in [5.74, 6) is -1.17. The smallest absolute Gasteiger partial charge is 0.462 e. The van der Waals surface area contributed by atoms with Crippen LogP contribution < -0.4 is 0 Å². The number of hydrogen-bond acceptors (Lipinski definition) is 12. The van der Waals surface area contributed by atoms with Crippen LogP contribution in [0, 0.1) is 0 Å². The molecular weight excluding hydrogens is 803 g/mol. The van der Waals surface area contributed by atoms with Crippen molar-refractivity contribution in [3.8, 4) is 0 Å². The van der Waals surface area contributed by atoms with E-state index in [9.17, 15) is 44.6 Å². The fourth-order valence-electron chi connectivity index (χ4n) is 6.83. The van der Waals surface area contributed by atoms with Crippen molar-refractivity contribution in [1.29, 1.82) is 0 Å². The van der Waals surface area contributed by atoms with Gasteiger partial charge in [-0.3, -0.25) is 18.6 Å². The summed E-state index contributed by atoms with van der Waals surface area (Å²) in [7, 11) is -5.13. The molecule has 1 aliphatic rings. The number of carbonyl (C=O) groups excluding carboxylic acids is 2. The molecule has 8 atom stereocenters. The zero-order valence-corrected chi connectivity index (χ0v) is 38.3. The quantitative estimate of drug-likeness (QED) is 0.0148. The second-order valence-corrected chi connectivity index (χ2v) is 17.7. The Hall–Kier alpha value is -2.19. The van der Waals surface area contributed by atoms with Crippen LogP contribution in [0.5, 0.6) is 0 Å².